The molecule has 0 bridgehead atoms. The van der Waals surface area contributed by atoms with Gasteiger partial charge >= 0.3 is 0 Å². The summed E-state index contributed by atoms with van der Waals surface area (Å²) >= 11 is 0. The van der Waals surface area contributed by atoms with Gasteiger partial charge in [0.05, 0.1) is 26.4 Å². The number of carbonyl (C=O) groups is 1. The van der Waals surface area contributed by atoms with Crippen molar-refractivity contribution in [1.29, 1.82) is 0 Å². The molecule has 28 heavy (non-hydrogen) atoms. The Morgan fingerprint density at radius 3 is 2.25 bits per heavy atom. The van der Waals surface area contributed by atoms with Crippen molar-refractivity contribution in [1.82, 2.24) is 10.3 Å². The van der Waals surface area contributed by atoms with Gasteiger partial charge in [-0.1, -0.05) is 24.3 Å². The van der Waals surface area contributed by atoms with Gasteiger partial charge in [0, 0.05) is 24.9 Å². The number of pyridine rings is 1. The molecule has 1 aromatic heterocycles. The summed E-state index contributed by atoms with van der Waals surface area (Å²) in [5.41, 5.74) is 2.55. The minimum Gasteiger partial charge on any atom is -0.475 e. The van der Waals surface area contributed by atoms with Crippen LogP contribution in [0, 0.1) is 0 Å². The maximum absolute atomic E-state index is 11.8. The Morgan fingerprint density at radius 1 is 0.964 bits per heavy atom. The summed E-state index contributed by atoms with van der Waals surface area (Å²) in [6.45, 7) is 1.19. The Balaban J connectivity index is 1.72. The van der Waals surface area contributed by atoms with Gasteiger partial charge in [-0.05, 0) is 29.3 Å². The van der Waals surface area contributed by atoms with Crippen molar-refractivity contribution in [3.63, 3.8) is 0 Å². The number of ether oxygens (including phenoxy) is 3. The summed E-state index contributed by atoms with van der Waals surface area (Å²) in [5.74, 6) is 0.412. The molecular weight excluding hydrogens is 363 g/mol. The average molecular weight is 388 g/mol. The van der Waals surface area contributed by atoms with Crippen LogP contribution in [0.25, 0.3) is 12.2 Å². The molecule has 2 rings (SSSR count). The van der Waals surface area contributed by atoms with E-state index >= 15 is 0 Å². The van der Waals surface area contributed by atoms with E-state index in [1.165, 1.54) is 0 Å². The molecule has 0 aliphatic rings. The monoisotopic (exact) mass is 388 g/mol. The average Bonchev–Trinajstić information content (AvgIpc) is 2.75. The summed E-state index contributed by atoms with van der Waals surface area (Å²) in [5, 5.41) is 2.59. The number of hydrogen-bond acceptors (Lipinski definition) is 5. The van der Waals surface area contributed by atoms with E-state index in [-0.39, 0.29) is 12.5 Å². The van der Waals surface area contributed by atoms with Crippen molar-refractivity contribution in [3.8, 4) is 5.88 Å². The Labute approximate surface area is 164 Å². The van der Waals surface area contributed by atoms with Crippen molar-refractivity contribution in [2.45, 2.75) is 0 Å². The fraction of sp³-hybridized carbons (Fsp3) is 0.333. The molecule has 0 aliphatic heterocycles. The first-order valence-electron chi connectivity index (χ1n) is 9.03. The Morgan fingerprint density at radius 2 is 1.61 bits per heavy atom. The molecule has 6 nitrogen and oxygen atoms in total. The van der Waals surface area contributed by atoms with Gasteiger partial charge in [0.25, 0.3) is 5.91 Å². The van der Waals surface area contributed by atoms with Gasteiger partial charge in [-0.15, -0.1) is 0 Å². The number of halogens is 1. The van der Waals surface area contributed by atoms with E-state index in [1.54, 1.807) is 31.4 Å². The largest absolute Gasteiger partial charge is 0.475 e. The summed E-state index contributed by atoms with van der Waals surface area (Å²) in [7, 11) is 1.61. The molecule has 0 fully saturated rings. The van der Waals surface area contributed by atoms with Crippen molar-refractivity contribution in [3.05, 3.63) is 59.3 Å². The van der Waals surface area contributed by atoms with Gasteiger partial charge in [0.15, 0.2) is 0 Å². The van der Waals surface area contributed by atoms with Crippen molar-refractivity contribution >= 4 is 18.1 Å². The van der Waals surface area contributed by atoms with E-state index in [0.29, 0.717) is 37.9 Å². The third-order valence-corrected chi connectivity index (χ3v) is 3.70. The number of nitrogens with zero attached hydrogens (tertiary/aromatic N) is 1. The third kappa shape index (κ3) is 7.85. The van der Waals surface area contributed by atoms with Crippen LogP contribution in [0.5, 0.6) is 5.88 Å². The molecule has 1 amide bonds. The highest BCUT2D eigenvalue weighted by atomic mass is 19.1. The number of benzene rings is 1. The highest BCUT2D eigenvalue weighted by Crippen LogP contribution is 2.12. The summed E-state index contributed by atoms with van der Waals surface area (Å²) in [6, 6.07) is 11.0. The highest BCUT2D eigenvalue weighted by Gasteiger charge is 2.01. The molecule has 0 saturated heterocycles. The SMILES string of the molecule is CNC(=O)c1ccc(C=Cc2ccc(OCCOCCOCCF)nc2)cc1. The zero-order valence-corrected chi connectivity index (χ0v) is 15.9. The predicted octanol–water partition coefficient (Wildman–Crippen LogP) is 2.99. The standard InChI is InChI=1S/C21H25FN2O4/c1-23-21(25)19-7-4-17(5-8-19)2-3-18-6-9-20(24-16-18)28-15-14-27-13-12-26-11-10-22/h2-9,16H,10-15H2,1H3,(H,23,25). The molecule has 0 radical (unpaired) electrons. The van der Waals surface area contributed by atoms with Crippen LogP contribution in [-0.4, -0.2) is 57.6 Å². The molecule has 2 aromatic rings. The number of amides is 1. The lowest BCUT2D eigenvalue weighted by Crippen LogP contribution is -2.17. The molecule has 0 spiro atoms. The molecule has 0 saturated carbocycles. The third-order valence-electron chi connectivity index (χ3n) is 3.70. The first-order valence-corrected chi connectivity index (χ1v) is 9.03. The lowest BCUT2D eigenvalue weighted by Gasteiger charge is -2.06. The molecule has 1 aromatic carbocycles. The first kappa shape index (κ1) is 21.5. The smallest absolute Gasteiger partial charge is 0.251 e. The van der Waals surface area contributed by atoms with E-state index < -0.39 is 6.67 Å². The molecule has 150 valence electrons. The molecule has 1 N–H and O–H groups in total. The second-order valence-electron chi connectivity index (χ2n) is 5.73. The van der Waals surface area contributed by atoms with Gasteiger partial charge < -0.3 is 19.5 Å². The van der Waals surface area contributed by atoms with E-state index in [4.69, 9.17) is 14.2 Å². The van der Waals surface area contributed by atoms with Crippen LogP contribution in [0.3, 0.4) is 0 Å². The van der Waals surface area contributed by atoms with E-state index in [9.17, 15) is 9.18 Å². The summed E-state index contributed by atoms with van der Waals surface area (Å²) < 4.78 is 27.6. The van der Waals surface area contributed by atoms with Crippen LogP contribution in [0.4, 0.5) is 4.39 Å². The Kier molecular flexibility index (Phi) is 9.68. The van der Waals surface area contributed by atoms with Crippen LogP contribution in [0.1, 0.15) is 21.5 Å². The molecule has 1 heterocycles. The number of alkyl halides is 1. The van der Waals surface area contributed by atoms with Crippen molar-refractivity contribution in [2.75, 3.05) is 46.8 Å². The van der Waals surface area contributed by atoms with Crippen LogP contribution >= 0.6 is 0 Å². The minimum absolute atomic E-state index is 0.103. The fourth-order valence-corrected chi connectivity index (χ4v) is 2.24. The van der Waals surface area contributed by atoms with Crippen molar-refractivity contribution < 1.29 is 23.4 Å². The molecule has 0 unspecified atom stereocenters. The molecule has 0 atom stereocenters. The van der Waals surface area contributed by atoms with E-state index in [0.717, 1.165) is 11.1 Å². The highest BCUT2D eigenvalue weighted by molar-refractivity contribution is 5.94. The number of hydrogen-bond donors (Lipinski definition) is 1. The van der Waals surface area contributed by atoms with Crippen LogP contribution in [0.15, 0.2) is 42.6 Å². The van der Waals surface area contributed by atoms with Gasteiger partial charge in [-0.2, -0.15) is 0 Å². The zero-order valence-electron chi connectivity index (χ0n) is 15.9. The maximum atomic E-state index is 11.8. The first-order chi connectivity index (χ1) is 13.7. The minimum atomic E-state index is -0.482. The lowest BCUT2D eigenvalue weighted by molar-refractivity contribution is 0.0320. The topological polar surface area (TPSA) is 69.7 Å². The number of carbonyl (C=O) groups excluding carboxylic acids is 1. The fourth-order valence-electron chi connectivity index (χ4n) is 2.24. The Bertz CT molecular complexity index is 733. The molecule has 0 aliphatic carbocycles. The van der Waals surface area contributed by atoms with Gasteiger partial charge in [-0.3, -0.25) is 4.79 Å². The van der Waals surface area contributed by atoms with Gasteiger partial charge in [-0.25, -0.2) is 9.37 Å². The predicted molar refractivity (Wildman–Crippen MR) is 106 cm³/mol. The summed E-state index contributed by atoms with van der Waals surface area (Å²) in [6.07, 6.45) is 5.60. The van der Waals surface area contributed by atoms with E-state index in [2.05, 4.69) is 10.3 Å². The quantitative estimate of drug-likeness (QED) is 0.566. The van der Waals surface area contributed by atoms with Crippen molar-refractivity contribution in [2.24, 2.45) is 0 Å². The van der Waals surface area contributed by atoms with E-state index in [1.807, 2.05) is 30.4 Å². The van der Waals surface area contributed by atoms with Crippen LogP contribution < -0.4 is 10.1 Å². The second-order valence-corrected chi connectivity index (χ2v) is 5.73. The second kappa shape index (κ2) is 12.6. The summed E-state index contributed by atoms with van der Waals surface area (Å²) in [4.78, 5) is 15.8. The van der Waals surface area contributed by atoms with Crippen LogP contribution in [-0.2, 0) is 9.47 Å². The molecular formula is C21H25FN2O4. The van der Waals surface area contributed by atoms with Gasteiger partial charge in [0.2, 0.25) is 5.88 Å². The maximum Gasteiger partial charge on any atom is 0.251 e. The number of rotatable bonds is 12. The normalized spacial score (nSPS) is 10.9. The Hall–Kier alpha value is -2.77. The molecule has 7 heteroatoms. The van der Waals surface area contributed by atoms with Crippen LogP contribution in [0.2, 0.25) is 0 Å². The number of aromatic nitrogens is 1. The zero-order chi connectivity index (χ0) is 20.0. The number of nitrogens with one attached hydrogen (secondary N) is 1. The van der Waals surface area contributed by atoms with Gasteiger partial charge in [0.1, 0.15) is 13.3 Å². The lowest BCUT2D eigenvalue weighted by atomic mass is 10.1.